The number of imidazole rings is 2. The predicted octanol–water partition coefficient (Wildman–Crippen LogP) is 7.84. The third-order valence-corrected chi connectivity index (χ3v) is 12.1. The summed E-state index contributed by atoms with van der Waals surface area (Å²) < 4.78 is 10.9. The highest BCUT2D eigenvalue weighted by Crippen LogP contribution is 2.38. The molecule has 8 rings (SSSR count). The molecule has 3 N–H and O–H groups in total. The summed E-state index contributed by atoms with van der Waals surface area (Å²) >= 11 is 6.56. The van der Waals surface area contributed by atoms with E-state index in [2.05, 4.69) is 63.8 Å². The Morgan fingerprint density at radius 2 is 1.56 bits per heavy atom. The van der Waals surface area contributed by atoms with Crippen molar-refractivity contribution in [2.45, 2.75) is 75.7 Å². The Bertz CT molecular complexity index is 2270. The van der Waals surface area contributed by atoms with Crippen molar-refractivity contribution >= 4 is 29.5 Å². The summed E-state index contributed by atoms with van der Waals surface area (Å²) in [6.07, 6.45) is 6.60. The first-order valence-electron chi connectivity index (χ1n) is 20.5. The average Bonchev–Trinajstić information content (AvgIpc) is 4.09. The summed E-state index contributed by atoms with van der Waals surface area (Å²) in [6, 6.07) is 22.7. The van der Waals surface area contributed by atoms with Crippen LogP contribution in [0.25, 0.3) is 33.6 Å². The Labute approximate surface area is 349 Å². The number of aromatic amines is 2. The number of carbonyl (C=O) groups excluding carboxylic acids is 3. The fourth-order valence-electron chi connectivity index (χ4n) is 8.75. The molecule has 3 aliphatic rings. The number of methoxy groups -OCH3 is 1. The lowest BCUT2D eigenvalue weighted by atomic mass is 10.0. The molecule has 2 saturated heterocycles. The number of likely N-dealkylation sites (tertiary alicyclic amines) is 1. The van der Waals surface area contributed by atoms with E-state index in [0.29, 0.717) is 37.7 Å². The van der Waals surface area contributed by atoms with Crippen LogP contribution in [-0.2, 0) is 25.7 Å². The molecule has 0 saturated carbocycles. The van der Waals surface area contributed by atoms with Crippen LogP contribution in [0.1, 0.15) is 86.0 Å². The highest BCUT2D eigenvalue weighted by Gasteiger charge is 2.39. The van der Waals surface area contributed by atoms with Crippen molar-refractivity contribution < 1.29 is 23.9 Å². The van der Waals surface area contributed by atoms with Crippen molar-refractivity contribution in [3.8, 4) is 33.6 Å². The van der Waals surface area contributed by atoms with E-state index in [1.165, 1.54) is 7.11 Å². The van der Waals surface area contributed by atoms with E-state index in [9.17, 15) is 14.4 Å². The molecule has 3 aromatic carbocycles. The largest absolute Gasteiger partial charge is 0.453 e. The molecule has 59 heavy (non-hydrogen) atoms. The zero-order valence-corrected chi connectivity index (χ0v) is 34.5. The number of carbonyl (C=O) groups is 3. The summed E-state index contributed by atoms with van der Waals surface area (Å²) in [6.45, 7) is 2.16. The van der Waals surface area contributed by atoms with Gasteiger partial charge in [0, 0.05) is 30.3 Å². The smallest absolute Gasteiger partial charge is 0.407 e. The minimum absolute atomic E-state index is 0.0171. The minimum Gasteiger partial charge on any atom is -0.453 e. The molecule has 3 amide bonds. The van der Waals surface area contributed by atoms with Crippen LogP contribution in [0.3, 0.4) is 0 Å². The number of H-pyrrole nitrogens is 2. The van der Waals surface area contributed by atoms with Crippen LogP contribution < -0.4 is 5.32 Å². The number of nitrogens with zero attached hydrogens (tertiary/aromatic N) is 5. The number of ether oxygens (including phenoxy) is 2. The highest BCUT2D eigenvalue weighted by molar-refractivity contribution is 6.31. The molecule has 0 spiro atoms. The number of hydrogen-bond donors (Lipinski definition) is 3. The number of alkyl carbamates (subject to hydrolysis) is 1. The molecule has 5 heterocycles. The number of likely N-dealkylation sites (N-methyl/N-ethyl adjacent to an activating group) is 1. The second-order valence-electron chi connectivity index (χ2n) is 15.8. The topological polar surface area (TPSA) is 149 Å². The van der Waals surface area contributed by atoms with Gasteiger partial charge < -0.3 is 34.6 Å². The molecule has 2 fully saturated rings. The van der Waals surface area contributed by atoms with E-state index < -0.39 is 18.2 Å². The Morgan fingerprint density at radius 3 is 2.29 bits per heavy atom. The van der Waals surface area contributed by atoms with Crippen molar-refractivity contribution in [2.24, 2.45) is 0 Å². The van der Waals surface area contributed by atoms with Crippen molar-refractivity contribution in [3.63, 3.8) is 0 Å². The fraction of sp³-hybridized carbons (Fsp3) is 0.400. The van der Waals surface area contributed by atoms with Crippen LogP contribution in [0.15, 0.2) is 79.0 Å². The summed E-state index contributed by atoms with van der Waals surface area (Å²) in [5.74, 6) is 1.41. The first-order valence-corrected chi connectivity index (χ1v) is 20.9. The second kappa shape index (κ2) is 17.8. The summed E-state index contributed by atoms with van der Waals surface area (Å²) in [7, 11) is 5.12. The van der Waals surface area contributed by atoms with Crippen molar-refractivity contribution in [1.82, 2.24) is 40.0 Å². The van der Waals surface area contributed by atoms with Crippen molar-refractivity contribution in [3.05, 3.63) is 107 Å². The standard InChI is InChI=1S/C45H51ClN8O5/c1-52(2)40(32-10-4-5-11-33(32)46)44(56)54-24-8-13-37(54)41-47-26-35(48-41)30-19-15-28(16-20-30)29-17-21-31(22-18-29)39-36-27-59-25-7-6-12-34(50-45(57)58-3)43(55)53-23-9-14-38(53)42(49-36)51-39/h4-5,10-11,15-22,26,34,37-38,40H,6-9,12-14,23-25,27H2,1-3H3,(H,47,48)(H,49,51)(H,50,57)/t34-,37-,38-,40?/m0/s1. The van der Waals surface area contributed by atoms with Gasteiger partial charge >= 0.3 is 6.09 Å². The highest BCUT2D eigenvalue weighted by atomic mass is 35.5. The quantitative estimate of drug-likeness (QED) is 0.144. The number of halogens is 1. The molecule has 5 aromatic rings. The van der Waals surface area contributed by atoms with Gasteiger partial charge in [0.2, 0.25) is 11.8 Å². The van der Waals surface area contributed by atoms with Gasteiger partial charge in [-0.3, -0.25) is 14.5 Å². The Hall–Kier alpha value is -5.50. The minimum atomic E-state index is -0.668. The maximum Gasteiger partial charge on any atom is 0.407 e. The van der Waals surface area contributed by atoms with Gasteiger partial charge in [-0.05, 0) is 87.4 Å². The zero-order chi connectivity index (χ0) is 41.0. The third-order valence-electron chi connectivity index (χ3n) is 11.8. The molecule has 4 atom stereocenters. The van der Waals surface area contributed by atoms with Crippen molar-refractivity contribution in [2.75, 3.05) is 40.9 Å². The van der Waals surface area contributed by atoms with E-state index in [0.717, 1.165) is 95.1 Å². The van der Waals surface area contributed by atoms with Gasteiger partial charge in [-0.1, -0.05) is 78.3 Å². The normalized spacial score (nSPS) is 20.4. The second-order valence-corrected chi connectivity index (χ2v) is 16.2. The number of benzene rings is 3. The van der Waals surface area contributed by atoms with E-state index in [-0.39, 0.29) is 23.9 Å². The molecular weight excluding hydrogens is 768 g/mol. The molecule has 0 radical (unpaired) electrons. The summed E-state index contributed by atoms with van der Waals surface area (Å²) in [5.41, 5.74) is 7.46. The number of amides is 3. The van der Waals surface area contributed by atoms with Crippen molar-refractivity contribution in [1.29, 1.82) is 0 Å². The molecule has 3 aliphatic heterocycles. The summed E-state index contributed by atoms with van der Waals surface area (Å²) in [5, 5.41) is 3.33. The third kappa shape index (κ3) is 8.50. The van der Waals surface area contributed by atoms with Crippen LogP contribution in [0, 0.1) is 0 Å². The van der Waals surface area contributed by atoms with Gasteiger partial charge in [0.1, 0.15) is 23.7 Å². The van der Waals surface area contributed by atoms with E-state index >= 15 is 0 Å². The molecular formula is C45H51ClN8O5. The Balaban J connectivity index is 0.973. The van der Waals surface area contributed by atoms with Crippen LogP contribution in [0.5, 0.6) is 0 Å². The molecule has 14 heteroatoms. The number of nitrogens with one attached hydrogen (secondary N) is 3. The Kier molecular flexibility index (Phi) is 12.1. The zero-order valence-electron chi connectivity index (χ0n) is 33.7. The number of aromatic nitrogens is 4. The molecule has 0 aliphatic carbocycles. The van der Waals surface area contributed by atoms with Gasteiger partial charge in [-0.25, -0.2) is 14.8 Å². The Morgan fingerprint density at radius 1 is 0.864 bits per heavy atom. The first-order chi connectivity index (χ1) is 28.7. The van der Waals surface area contributed by atoms with Crippen LogP contribution in [0.2, 0.25) is 5.02 Å². The number of fused-ring (bicyclic) bond motifs is 4. The van der Waals surface area contributed by atoms with Gasteiger partial charge in [-0.15, -0.1) is 0 Å². The molecule has 308 valence electrons. The van der Waals surface area contributed by atoms with Crippen LogP contribution in [-0.4, -0.2) is 99.5 Å². The van der Waals surface area contributed by atoms with Crippen LogP contribution >= 0.6 is 11.6 Å². The van der Waals surface area contributed by atoms with Gasteiger partial charge in [0.05, 0.1) is 49.1 Å². The summed E-state index contributed by atoms with van der Waals surface area (Å²) in [4.78, 5) is 62.5. The SMILES string of the molecule is COC(=O)N[C@H]1CCCCOCc2[nH]c(nc2-c2ccc(-c3ccc(-c4cnc([C@@H]5CCCN5C(=O)C(c5ccccc5Cl)N(C)C)[nH]4)cc3)cc2)[C@@H]2CCCN2C1=O. The number of rotatable bonds is 8. The van der Waals surface area contributed by atoms with E-state index in [4.69, 9.17) is 31.0 Å². The number of hydrogen-bond acceptors (Lipinski definition) is 8. The average molecular weight is 819 g/mol. The van der Waals surface area contributed by atoms with Gasteiger partial charge in [0.15, 0.2) is 0 Å². The lowest BCUT2D eigenvalue weighted by Crippen LogP contribution is -2.48. The lowest BCUT2D eigenvalue weighted by Gasteiger charge is -2.32. The fourth-order valence-corrected chi connectivity index (χ4v) is 8.99. The van der Waals surface area contributed by atoms with Crippen LogP contribution in [0.4, 0.5) is 4.79 Å². The monoisotopic (exact) mass is 818 g/mol. The maximum atomic E-state index is 14.0. The predicted molar refractivity (Wildman–Crippen MR) is 225 cm³/mol. The van der Waals surface area contributed by atoms with Gasteiger partial charge in [-0.2, -0.15) is 0 Å². The molecule has 13 nitrogen and oxygen atoms in total. The molecule has 2 aromatic heterocycles. The van der Waals surface area contributed by atoms with E-state index in [1.807, 2.05) is 59.3 Å². The lowest BCUT2D eigenvalue weighted by molar-refractivity contribution is -0.137. The van der Waals surface area contributed by atoms with E-state index in [1.54, 1.807) is 0 Å². The van der Waals surface area contributed by atoms with Gasteiger partial charge in [0.25, 0.3) is 0 Å². The molecule has 1 unspecified atom stereocenters. The maximum absolute atomic E-state index is 14.0. The first kappa shape index (κ1) is 40.3. The molecule has 2 bridgehead atoms.